The molecule has 0 radical (unpaired) electrons. The fraction of sp³-hybridized carbons (Fsp3) is 0.417. The minimum Gasteiger partial charge on any atom is -0.481 e. The lowest BCUT2D eigenvalue weighted by Crippen LogP contribution is -3.11. The summed E-state index contributed by atoms with van der Waals surface area (Å²) in [6.07, 6.45) is 1.63. The molecule has 0 saturated heterocycles. The molecule has 1 aliphatic heterocycles. The van der Waals surface area contributed by atoms with Gasteiger partial charge in [0.2, 0.25) is 0 Å². The smallest absolute Gasteiger partial charge is 0.338 e. The van der Waals surface area contributed by atoms with Gasteiger partial charge in [0.15, 0.2) is 22.5 Å². The van der Waals surface area contributed by atoms with Crippen LogP contribution in [0.15, 0.2) is 40.0 Å². The molecule has 11 heteroatoms. The minimum atomic E-state index is -1.21. The first-order valence-corrected chi connectivity index (χ1v) is 12.5. The molecule has 0 bridgehead atoms. The highest BCUT2D eigenvalue weighted by molar-refractivity contribution is 7.11. The van der Waals surface area contributed by atoms with Crippen LogP contribution < -0.4 is 5.32 Å². The zero-order valence-corrected chi connectivity index (χ0v) is 19.5. The van der Waals surface area contributed by atoms with E-state index < -0.39 is 40.1 Å². The van der Waals surface area contributed by atoms with Crippen LogP contribution in [0, 0.1) is 58.0 Å². The molecule has 1 aromatic heterocycles. The van der Waals surface area contributed by atoms with Gasteiger partial charge in [0.05, 0.1) is 23.1 Å². The van der Waals surface area contributed by atoms with Crippen molar-refractivity contribution in [2.24, 2.45) is 51.3 Å². The van der Waals surface area contributed by atoms with E-state index in [4.69, 9.17) is 21.3 Å². The predicted molar refractivity (Wildman–Crippen MR) is 118 cm³/mol. The predicted octanol–water partition coefficient (Wildman–Crippen LogP) is 3.42. The molecule has 0 amide bonds. The number of ether oxygens (including phenoxy) is 1. The Labute approximate surface area is 205 Å². The maximum Gasteiger partial charge on any atom is 0.338 e. The maximum absolute atomic E-state index is 14.5. The lowest BCUT2D eigenvalue weighted by molar-refractivity contribution is -0.633. The minimum absolute atomic E-state index is 0.126. The Bertz CT molecular complexity index is 1420. The molecular weight excluding hydrogens is 500 g/mol. The molecule has 2 N–H and O–H groups in total. The molecule has 6 fully saturated rings. The van der Waals surface area contributed by atoms with E-state index in [0.717, 1.165) is 6.07 Å². The number of carboxylic acids is 1. The highest BCUT2D eigenvalue weighted by atomic mass is 35.5. The zero-order valence-electron chi connectivity index (χ0n) is 18.0. The third-order valence-electron chi connectivity index (χ3n) is 9.88. The van der Waals surface area contributed by atoms with Crippen LogP contribution in [0.25, 0.3) is 0 Å². The summed E-state index contributed by atoms with van der Waals surface area (Å²) in [5, 5.41) is 15.2. The number of aliphatic carboxylic acids is 1. The maximum atomic E-state index is 14.5. The number of allylic oxidation sites excluding steroid dienone is 1. The molecule has 2 heterocycles. The van der Waals surface area contributed by atoms with Crippen molar-refractivity contribution < 1.29 is 28.2 Å². The van der Waals surface area contributed by atoms with E-state index in [9.17, 15) is 23.5 Å². The molecule has 0 spiro atoms. The molecular formula is C24H16ClF2N3O4S. The average Bonchev–Trinajstić information content (AvgIpc) is 3.41. The number of carbonyl (C=O) groups is 2. The number of carbonyl (C=O) groups excluding carboxylic acids is 1. The van der Waals surface area contributed by atoms with Gasteiger partial charge in [-0.3, -0.25) is 9.79 Å². The Hall–Kier alpha value is -2.85. The number of halogens is 3. The van der Waals surface area contributed by atoms with Gasteiger partial charge in [-0.2, -0.15) is 0 Å². The molecule has 6 aliphatic carbocycles. The summed E-state index contributed by atoms with van der Waals surface area (Å²) < 4.78 is 33.5. The molecule has 35 heavy (non-hydrogen) atoms. The number of hydrogen-bond donors (Lipinski definition) is 2. The summed E-state index contributed by atoms with van der Waals surface area (Å²) in [6.45, 7) is 0. The first-order valence-electron chi connectivity index (χ1n) is 11.3. The second kappa shape index (κ2) is 5.92. The van der Waals surface area contributed by atoms with E-state index >= 15 is 0 Å². The lowest BCUT2D eigenvalue weighted by Gasteiger charge is -3.10. The number of carboxylic acid groups (broad SMARTS) is 1. The Kier molecular flexibility index (Phi) is 3.44. The van der Waals surface area contributed by atoms with Gasteiger partial charge in [-0.15, -0.1) is 11.3 Å². The summed E-state index contributed by atoms with van der Waals surface area (Å²) in [6, 6.07) is 1.26. The summed E-state index contributed by atoms with van der Waals surface area (Å²) >= 11 is 7.59. The van der Waals surface area contributed by atoms with Crippen molar-refractivity contribution in [3.05, 3.63) is 62.2 Å². The van der Waals surface area contributed by atoms with Crippen LogP contribution in [0.3, 0.4) is 0 Å². The summed E-state index contributed by atoms with van der Waals surface area (Å²) in [5.41, 5.74) is 0.0939. The molecule has 7 nitrogen and oxygen atoms in total. The van der Waals surface area contributed by atoms with Gasteiger partial charge in [0, 0.05) is 28.3 Å². The molecule has 1 atom stereocenters. The number of thiazole rings is 1. The van der Waals surface area contributed by atoms with Crippen LogP contribution in [0.4, 0.5) is 8.78 Å². The monoisotopic (exact) mass is 515 g/mol. The third kappa shape index (κ3) is 1.75. The van der Waals surface area contributed by atoms with E-state index in [2.05, 4.69) is 10.3 Å². The van der Waals surface area contributed by atoms with Crippen molar-refractivity contribution in [3.63, 3.8) is 0 Å². The molecule has 178 valence electrons. The van der Waals surface area contributed by atoms with Crippen molar-refractivity contribution >= 4 is 40.7 Å². The molecule has 6 saturated carbocycles. The number of hydrogen-bond acceptors (Lipinski definition) is 7. The van der Waals surface area contributed by atoms with Crippen LogP contribution in [-0.2, 0) is 14.3 Å². The van der Waals surface area contributed by atoms with Gasteiger partial charge in [-0.05, 0) is 41.6 Å². The van der Waals surface area contributed by atoms with Crippen LogP contribution in [-0.4, -0.2) is 35.0 Å². The van der Waals surface area contributed by atoms with Gasteiger partial charge in [-0.1, -0.05) is 17.7 Å². The number of rotatable bonds is 5. The fourth-order valence-electron chi connectivity index (χ4n) is 9.10. The van der Waals surface area contributed by atoms with E-state index in [0.29, 0.717) is 16.5 Å². The van der Waals surface area contributed by atoms with Crippen molar-refractivity contribution in [3.8, 4) is 0 Å². The number of benzene rings is 1. The van der Waals surface area contributed by atoms with E-state index in [-0.39, 0.29) is 52.1 Å². The van der Waals surface area contributed by atoms with Gasteiger partial charge in [0.1, 0.15) is 6.04 Å². The SMILES string of the molecule is COC(=O)C1=C(C23C4C5C2C2C3C4C52C(=O)O)NC(c2nccs2)=N[C@@H]1c1ccc(F)c(F)c1Cl. The van der Waals surface area contributed by atoms with Crippen LogP contribution >= 0.6 is 22.9 Å². The summed E-state index contributed by atoms with van der Waals surface area (Å²) in [7, 11) is 1.26. The fourth-order valence-corrected chi connectivity index (χ4v) is 9.94. The number of methoxy groups -OCH3 is 1. The normalized spacial score (nSPS) is 42.3. The van der Waals surface area contributed by atoms with E-state index in [1.807, 2.05) is 0 Å². The summed E-state index contributed by atoms with van der Waals surface area (Å²) in [5.74, 6) is -2.32. The largest absolute Gasteiger partial charge is 0.481 e. The van der Waals surface area contributed by atoms with Crippen molar-refractivity contribution in [1.29, 1.82) is 0 Å². The number of nitrogens with one attached hydrogen (secondary N) is 1. The average molecular weight is 516 g/mol. The highest BCUT2D eigenvalue weighted by Crippen LogP contribution is 3.11. The quantitative estimate of drug-likeness (QED) is 0.467. The Morgan fingerprint density at radius 2 is 1.86 bits per heavy atom. The molecule has 9 rings (SSSR count). The van der Waals surface area contributed by atoms with E-state index in [1.54, 1.807) is 11.6 Å². The van der Waals surface area contributed by atoms with Crippen molar-refractivity contribution in [2.45, 2.75) is 6.04 Å². The van der Waals surface area contributed by atoms with Crippen LogP contribution in [0.5, 0.6) is 0 Å². The second-order valence-corrected chi connectivity index (χ2v) is 11.5. The highest BCUT2D eigenvalue weighted by Gasteiger charge is 3.12. The van der Waals surface area contributed by atoms with Crippen molar-refractivity contribution in [1.82, 2.24) is 10.3 Å². The number of aromatic nitrogens is 1. The van der Waals surface area contributed by atoms with Crippen molar-refractivity contribution in [2.75, 3.05) is 7.11 Å². The molecule has 1 aromatic carbocycles. The van der Waals surface area contributed by atoms with Gasteiger partial charge < -0.3 is 15.2 Å². The number of aliphatic imine (C=N–C) groups is 1. The molecule has 2 aromatic rings. The zero-order chi connectivity index (χ0) is 24.2. The third-order valence-corrected chi connectivity index (χ3v) is 11.0. The van der Waals surface area contributed by atoms with Gasteiger partial charge >= 0.3 is 11.9 Å². The van der Waals surface area contributed by atoms with Crippen LogP contribution in [0.2, 0.25) is 5.02 Å². The van der Waals surface area contributed by atoms with E-state index in [1.165, 1.54) is 24.5 Å². The second-order valence-electron chi connectivity index (χ2n) is 10.2. The number of esters is 1. The van der Waals surface area contributed by atoms with Crippen LogP contribution in [0.1, 0.15) is 16.6 Å². The Morgan fingerprint density at radius 1 is 1.17 bits per heavy atom. The Morgan fingerprint density at radius 3 is 2.43 bits per heavy atom. The topological polar surface area (TPSA) is 101 Å². The first kappa shape index (κ1) is 20.4. The molecule has 7 aliphatic rings. The lowest BCUT2D eigenvalue weighted by atomic mass is 8.92. The Balaban J connectivity index is 1.31. The first-order chi connectivity index (χ1) is 16.8. The molecule has 0 unspecified atom stereocenters. The standard InChI is InChI=1S/C24H16ClF2N3O4S/c1-34-21(31)8-17(6-2-3-7(26)16(27)15(6)25)29-19(20-28-4-5-35-20)30-18(8)23-9-12-10(23)14-11(23)13(9)24(12,14)22(32)33/h2-5,9-14,17H,1H3,(H,29,30)(H,32,33)/t9?,10?,11?,12?,13?,14?,17-,23?,24?/m1/s1. The van der Waals surface area contributed by atoms with Gasteiger partial charge in [-0.25, -0.2) is 18.6 Å². The number of amidine groups is 1. The summed E-state index contributed by atoms with van der Waals surface area (Å²) in [4.78, 5) is 34.3. The number of nitrogens with zero attached hydrogens (tertiary/aromatic N) is 2. The van der Waals surface area contributed by atoms with Gasteiger partial charge in [0.25, 0.3) is 0 Å².